The predicted molar refractivity (Wildman–Crippen MR) is 134 cm³/mol. The minimum absolute atomic E-state index is 0. The third-order valence-corrected chi connectivity index (χ3v) is 5.97. The van der Waals surface area contributed by atoms with Crippen molar-refractivity contribution in [3.8, 4) is 11.5 Å². The summed E-state index contributed by atoms with van der Waals surface area (Å²) < 4.78 is 13.3. The van der Waals surface area contributed by atoms with Crippen molar-refractivity contribution >= 4 is 29.9 Å². The fraction of sp³-hybridized carbons (Fsp3) is 0.565. The Kier molecular flexibility index (Phi) is 7.72. The molecule has 1 fully saturated rings. The van der Waals surface area contributed by atoms with Crippen LogP contribution in [0.1, 0.15) is 44.2 Å². The first kappa shape index (κ1) is 23.7. The molecule has 1 unspecified atom stereocenters. The number of halogens is 1. The Morgan fingerprint density at radius 1 is 1.26 bits per heavy atom. The fourth-order valence-electron chi connectivity index (χ4n) is 4.13. The lowest BCUT2D eigenvalue weighted by Gasteiger charge is -2.28. The van der Waals surface area contributed by atoms with E-state index < -0.39 is 0 Å². The van der Waals surface area contributed by atoms with Crippen LogP contribution in [-0.2, 0) is 12.5 Å². The van der Waals surface area contributed by atoms with E-state index in [1.54, 1.807) is 0 Å². The minimum atomic E-state index is -0.112. The van der Waals surface area contributed by atoms with E-state index in [1.807, 2.05) is 24.0 Å². The molecule has 0 spiro atoms. The summed E-state index contributed by atoms with van der Waals surface area (Å²) >= 11 is 0. The number of fused-ring (bicyclic) bond motifs is 1. The SMILES string of the molecule is CCNC(=NCC(C)(C)c1ccc2c(c1)OCCO2)N1CCC(c2cnn(C)c2)C1.I. The second kappa shape index (κ2) is 10.1. The van der Waals surface area contributed by atoms with Gasteiger partial charge in [-0.25, -0.2) is 0 Å². The van der Waals surface area contributed by atoms with E-state index in [-0.39, 0.29) is 29.4 Å². The highest BCUT2D eigenvalue weighted by Crippen LogP contribution is 2.35. The normalized spacial score (nSPS) is 18.6. The van der Waals surface area contributed by atoms with Crippen LogP contribution in [0.2, 0.25) is 0 Å². The number of likely N-dealkylation sites (tertiary alicyclic amines) is 1. The van der Waals surface area contributed by atoms with Crippen molar-refractivity contribution in [2.75, 3.05) is 39.4 Å². The van der Waals surface area contributed by atoms with E-state index in [1.165, 1.54) is 11.1 Å². The molecular weight excluding hydrogens is 505 g/mol. The Bertz CT molecular complexity index is 911. The zero-order valence-corrected chi connectivity index (χ0v) is 21.3. The van der Waals surface area contributed by atoms with Crippen LogP contribution in [0, 0.1) is 0 Å². The molecule has 0 bridgehead atoms. The molecule has 31 heavy (non-hydrogen) atoms. The van der Waals surface area contributed by atoms with Crippen molar-refractivity contribution in [3.05, 3.63) is 41.7 Å². The fourth-order valence-corrected chi connectivity index (χ4v) is 4.13. The van der Waals surface area contributed by atoms with E-state index in [2.05, 4.69) is 54.4 Å². The molecule has 1 N–H and O–H groups in total. The topological polar surface area (TPSA) is 63.9 Å². The number of hydrogen-bond acceptors (Lipinski definition) is 4. The van der Waals surface area contributed by atoms with Gasteiger partial charge in [0.1, 0.15) is 13.2 Å². The van der Waals surface area contributed by atoms with Crippen molar-refractivity contribution in [1.29, 1.82) is 0 Å². The van der Waals surface area contributed by atoms with Gasteiger partial charge in [-0.15, -0.1) is 24.0 Å². The summed E-state index contributed by atoms with van der Waals surface area (Å²) in [5, 5.41) is 7.82. The summed E-state index contributed by atoms with van der Waals surface area (Å²) in [6, 6.07) is 6.24. The van der Waals surface area contributed by atoms with Crippen LogP contribution >= 0.6 is 24.0 Å². The summed E-state index contributed by atoms with van der Waals surface area (Å²) in [4.78, 5) is 7.40. The second-order valence-electron chi connectivity index (χ2n) is 8.79. The number of ether oxygens (including phenoxy) is 2. The molecule has 2 aromatic rings. The van der Waals surface area contributed by atoms with Crippen LogP contribution in [-0.4, -0.2) is 60.0 Å². The Balaban J connectivity index is 0.00000272. The standard InChI is InChI=1S/C23H33N5O2.HI/c1-5-24-22(28-9-8-17(15-28)18-13-26-27(4)14-18)25-16-23(2,3)19-6-7-20-21(12-19)30-11-10-29-20;/h6-7,12-14,17H,5,8-11,15-16H2,1-4H3,(H,24,25);1H. The highest BCUT2D eigenvalue weighted by molar-refractivity contribution is 14.0. The number of nitrogens with zero attached hydrogens (tertiary/aromatic N) is 4. The monoisotopic (exact) mass is 539 g/mol. The van der Waals surface area contributed by atoms with E-state index >= 15 is 0 Å². The number of hydrogen-bond donors (Lipinski definition) is 1. The van der Waals surface area contributed by atoms with Crippen LogP contribution in [0.25, 0.3) is 0 Å². The summed E-state index contributed by atoms with van der Waals surface area (Å²) in [5.41, 5.74) is 2.41. The van der Waals surface area contributed by atoms with Gasteiger partial charge in [0, 0.05) is 44.2 Å². The predicted octanol–water partition coefficient (Wildman–Crippen LogP) is 3.54. The van der Waals surface area contributed by atoms with E-state index in [0.29, 0.717) is 25.7 Å². The Labute approximate surface area is 202 Å². The number of aromatic nitrogens is 2. The van der Waals surface area contributed by atoms with Crippen LogP contribution in [0.3, 0.4) is 0 Å². The van der Waals surface area contributed by atoms with Crippen LogP contribution < -0.4 is 14.8 Å². The molecule has 0 aliphatic carbocycles. The molecule has 1 saturated heterocycles. The number of rotatable bonds is 5. The molecule has 7 nitrogen and oxygen atoms in total. The van der Waals surface area contributed by atoms with Gasteiger partial charge in [0.25, 0.3) is 0 Å². The van der Waals surface area contributed by atoms with Gasteiger partial charge in [-0.2, -0.15) is 5.10 Å². The van der Waals surface area contributed by atoms with Gasteiger partial charge in [-0.05, 0) is 36.6 Å². The molecule has 4 rings (SSSR count). The molecule has 0 amide bonds. The highest BCUT2D eigenvalue weighted by Gasteiger charge is 2.28. The zero-order chi connectivity index (χ0) is 21.1. The number of guanidine groups is 1. The summed E-state index contributed by atoms with van der Waals surface area (Å²) in [7, 11) is 1.97. The van der Waals surface area contributed by atoms with E-state index in [0.717, 1.165) is 43.5 Å². The van der Waals surface area contributed by atoms with Crippen molar-refractivity contribution in [3.63, 3.8) is 0 Å². The molecule has 1 aromatic heterocycles. The summed E-state index contributed by atoms with van der Waals surface area (Å²) in [6.45, 7) is 11.3. The molecule has 8 heteroatoms. The molecule has 2 aliphatic heterocycles. The Morgan fingerprint density at radius 3 is 2.74 bits per heavy atom. The third kappa shape index (κ3) is 5.45. The maximum Gasteiger partial charge on any atom is 0.193 e. The maximum atomic E-state index is 5.77. The van der Waals surface area contributed by atoms with E-state index in [4.69, 9.17) is 14.5 Å². The quantitative estimate of drug-likeness (QED) is 0.358. The first-order valence-corrected chi connectivity index (χ1v) is 10.9. The summed E-state index contributed by atoms with van der Waals surface area (Å²) in [6.07, 6.45) is 5.24. The van der Waals surface area contributed by atoms with E-state index in [9.17, 15) is 0 Å². The van der Waals surface area contributed by atoms with Crippen LogP contribution in [0.4, 0.5) is 0 Å². The van der Waals surface area contributed by atoms with Crippen LogP contribution in [0.15, 0.2) is 35.6 Å². The molecule has 1 aromatic carbocycles. The Morgan fingerprint density at radius 2 is 2.03 bits per heavy atom. The number of aryl methyl sites for hydroxylation is 1. The van der Waals surface area contributed by atoms with Gasteiger partial charge in [0.2, 0.25) is 0 Å². The average molecular weight is 539 g/mol. The van der Waals surface area contributed by atoms with Gasteiger partial charge in [0.05, 0.1) is 12.7 Å². The third-order valence-electron chi connectivity index (χ3n) is 5.97. The van der Waals surface area contributed by atoms with Crippen LogP contribution in [0.5, 0.6) is 11.5 Å². The lowest BCUT2D eigenvalue weighted by atomic mass is 9.84. The lowest BCUT2D eigenvalue weighted by Crippen LogP contribution is -2.41. The number of aliphatic imine (C=N–C) groups is 1. The molecule has 170 valence electrons. The highest BCUT2D eigenvalue weighted by atomic mass is 127. The molecule has 0 saturated carbocycles. The van der Waals surface area contributed by atoms with Gasteiger partial charge in [-0.1, -0.05) is 19.9 Å². The van der Waals surface area contributed by atoms with Gasteiger partial charge < -0.3 is 19.7 Å². The molecule has 3 heterocycles. The molecule has 0 radical (unpaired) electrons. The van der Waals surface area contributed by atoms with Crippen molar-refractivity contribution in [1.82, 2.24) is 20.0 Å². The van der Waals surface area contributed by atoms with Crippen molar-refractivity contribution in [2.45, 2.75) is 38.5 Å². The average Bonchev–Trinajstić information content (AvgIpc) is 3.40. The molecular formula is C23H34IN5O2. The van der Waals surface area contributed by atoms with Crippen molar-refractivity contribution < 1.29 is 9.47 Å². The van der Waals surface area contributed by atoms with Gasteiger partial charge >= 0.3 is 0 Å². The largest absolute Gasteiger partial charge is 0.486 e. The minimum Gasteiger partial charge on any atom is -0.486 e. The molecule has 1 atom stereocenters. The van der Waals surface area contributed by atoms with Crippen molar-refractivity contribution in [2.24, 2.45) is 12.0 Å². The summed E-state index contributed by atoms with van der Waals surface area (Å²) in [5.74, 6) is 3.17. The Hall–Kier alpha value is -1.97. The molecule has 2 aliphatic rings. The first-order chi connectivity index (χ1) is 14.5. The smallest absolute Gasteiger partial charge is 0.193 e. The lowest BCUT2D eigenvalue weighted by molar-refractivity contribution is 0.171. The number of nitrogens with one attached hydrogen (secondary N) is 1. The van der Waals surface area contributed by atoms with Gasteiger partial charge in [-0.3, -0.25) is 9.67 Å². The zero-order valence-electron chi connectivity index (χ0n) is 18.9. The maximum absolute atomic E-state index is 5.77. The second-order valence-corrected chi connectivity index (χ2v) is 8.79. The number of benzene rings is 1. The van der Waals surface area contributed by atoms with Gasteiger partial charge in [0.15, 0.2) is 17.5 Å². The first-order valence-electron chi connectivity index (χ1n) is 10.9.